The standard InChI is InChI=1S/C17H35NO/c1-4-7-8-15(6-3)12-17(18-10-5-2)13-16-9-11-19-14-16/h15-18H,4-14H2,1-3H3. The highest BCUT2D eigenvalue weighted by molar-refractivity contribution is 4.77. The highest BCUT2D eigenvalue weighted by Gasteiger charge is 2.22. The summed E-state index contributed by atoms with van der Waals surface area (Å²) in [5.74, 6) is 1.72. The molecule has 1 fully saturated rings. The van der Waals surface area contributed by atoms with Crippen LogP contribution in [-0.2, 0) is 4.74 Å². The summed E-state index contributed by atoms with van der Waals surface area (Å²) in [5.41, 5.74) is 0. The first kappa shape index (κ1) is 17.0. The van der Waals surface area contributed by atoms with Gasteiger partial charge in [0.05, 0.1) is 0 Å². The van der Waals surface area contributed by atoms with Crippen molar-refractivity contribution in [3.63, 3.8) is 0 Å². The predicted molar refractivity (Wildman–Crippen MR) is 83.5 cm³/mol. The summed E-state index contributed by atoms with van der Waals surface area (Å²) in [7, 11) is 0. The molecule has 2 nitrogen and oxygen atoms in total. The molecule has 1 aliphatic heterocycles. The van der Waals surface area contributed by atoms with E-state index in [0.717, 1.165) is 25.0 Å². The Morgan fingerprint density at radius 2 is 2.05 bits per heavy atom. The molecular formula is C17H35NO. The van der Waals surface area contributed by atoms with Gasteiger partial charge in [-0.25, -0.2) is 0 Å². The molecule has 3 atom stereocenters. The fourth-order valence-corrected chi connectivity index (χ4v) is 3.17. The molecule has 19 heavy (non-hydrogen) atoms. The minimum absolute atomic E-state index is 0.716. The van der Waals surface area contributed by atoms with Crippen LogP contribution in [0, 0.1) is 11.8 Å². The zero-order chi connectivity index (χ0) is 13.9. The number of rotatable bonds is 11. The number of nitrogens with one attached hydrogen (secondary N) is 1. The molecular weight excluding hydrogens is 234 g/mol. The Morgan fingerprint density at radius 1 is 1.21 bits per heavy atom. The van der Waals surface area contributed by atoms with E-state index in [1.807, 2.05) is 0 Å². The van der Waals surface area contributed by atoms with Crippen LogP contribution in [-0.4, -0.2) is 25.8 Å². The SMILES string of the molecule is CCCCC(CC)CC(CC1CCOC1)NCCC. The number of hydrogen-bond acceptors (Lipinski definition) is 2. The molecule has 1 saturated heterocycles. The predicted octanol–water partition coefficient (Wildman–Crippen LogP) is 4.39. The van der Waals surface area contributed by atoms with Gasteiger partial charge in [-0.15, -0.1) is 0 Å². The van der Waals surface area contributed by atoms with Crippen LogP contribution < -0.4 is 5.32 Å². The fourth-order valence-electron chi connectivity index (χ4n) is 3.17. The number of hydrogen-bond donors (Lipinski definition) is 1. The van der Waals surface area contributed by atoms with E-state index in [1.54, 1.807) is 0 Å². The van der Waals surface area contributed by atoms with E-state index in [4.69, 9.17) is 4.74 Å². The topological polar surface area (TPSA) is 21.3 Å². The van der Waals surface area contributed by atoms with Gasteiger partial charge in [0.1, 0.15) is 0 Å². The molecule has 0 aromatic carbocycles. The lowest BCUT2D eigenvalue weighted by Gasteiger charge is -2.26. The van der Waals surface area contributed by atoms with Gasteiger partial charge >= 0.3 is 0 Å². The molecule has 0 aromatic heterocycles. The lowest BCUT2D eigenvalue weighted by molar-refractivity contribution is 0.179. The van der Waals surface area contributed by atoms with Crippen LogP contribution in [0.1, 0.15) is 72.1 Å². The van der Waals surface area contributed by atoms with Crippen molar-refractivity contribution in [3.05, 3.63) is 0 Å². The molecule has 1 aliphatic rings. The Morgan fingerprint density at radius 3 is 2.63 bits per heavy atom. The second kappa shape index (κ2) is 10.7. The van der Waals surface area contributed by atoms with E-state index in [9.17, 15) is 0 Å². The maximum Gasteiger partial charge on any atom is 0.0495 e. The molecule has 114 valence electrons. The first-order chi connectivity index (χ1) is 9.30. The van der Waals surface area contributed by atoms with Crippen LogP contribution >= 0.6 is 0 Å². The van der Waals surface area contributed by atoms with Crippen molar-refractivity contribution in [2.45, 2.75) is 78.2 Å². The summed E-state index contributed by atoms with van der Waals surface area (Å²) in [6.45, 7) is 10.1. The van der Waals surface area contributed by atoms with Gasteiger partial charge < -0.3 is 10.1 Å². The van der Waals surface area contributed by atoms with E-state index in [2.05, 4.69) is 26.1 Å². The van der Waals surface area contributed by atoms with Gasteiger partial charge in [-0.1, -0.05) is 46.5 Å². The Kier molecular flexibility index (Phi) is 9.54. The van der Waals surface area contributed by atoms with Gasteiger partial charge in [-0.05, 0) is 44.1 Å². The van der Waals surface area contributed by atoms with Gasteiger partial charge in [0, 0.05) is 19.3 Å². The maximum absolute atomic E-state index is 5.53. The normalized spacial score (nSPS) is 22.6. The summed E-state index contributed by atoms with van der Waals surface area (Å²) < 4.78 is 5.53. The summed E-state index contributed by atoms with van der Waals surface area (Å²) >= 11 is 0. The summed E-state index contributed by atoms with van der Waals surface area (Å²) in [5, 5.41) is 3.78. The zero-order valence-corrected chi connectivity index (χ0v) is 13.4. The minimum Gasteiger partial charge on any atom is -0.381 e. The Balaban J connectivity index is 2.36. The lowest BCUT2D eigenvalue weighted by Crippen LogP contribution is -2.34. The highest BCUT2D eigenvalue weighted by Crippen LogP contribution is 2.24. The largest absolute Gasteiger partial charge is 0.381 e. The molecule has 0 spiro atoms. The van der Waals surface area contributed by atoms with Crippen LogP contribution in [0.4, 0.5) is 0 Å². The second-order valence-electron chi connectivity index (χ2n) is 6.27. The molecule has 0 bridgehead atoms. The van der Waals surface area contributed by atoms with Crippen LogP contribution in [0.2, 0.25) is 0 Å². The van der Waals surface area contributed by atoms with Crippen molar-refractivity contribution in [2.75, 3.05) is 19.8 Å². The van der Waals surface area contributed by atoms with E-state index in [1.165, 1.54) is 57.9 Å². The molecule has 0 saturated carbocycles. The van der Waals surface area contributed by atoms with Gasteiger partial charge in [-0.3, -0.25) is 0 Å². The monoisotopic (exact) mass is 269 g/mol. The molecule has 1 heterocycles. The van der Waals surface area contributed by atoms with Crippen molar-refractivity contribution in [3.8, 4) is 0 Å². The molecule has 2 heteroatoms. The molecule has 0 amide bonds. The van der Waals surface area contributed by atoms with Crippen molar-refractivity contribution >= 4 is 0 Å². The molecule has 0 aromatic rings. The van der Waals surface area contributed by atoms with Crippen LogP contribution in [0.5, 0.6) is 0 Å². The third kappa shape index (κ3) is 7.31. The second-order valence-corrected chi connectivity index (χ2v) is 6.27. The average Bonchev–Trinajstić information content (AvgIpc) is 2.93. The number of ether oxygens (including phenoxy) is 1. The average molecular weight is 269 g/mol. The van der Waals surface area contributed by atoms with Crippen molar-refractivity contribution in [1.29, 1.82) is 0 Å². The third-order valence-corrected chi connectivity index (χ3v) is 4.49. The molecule has 0 radical (unpaired) electrons. The van der Waals surface area contributed by atoms with E-state index in [0.29, 0.717) is 6.04 Å². The molecule has 3 unspecified atom stereocenters. The van der Waals surface area contributed by atoms with Crippen LogP contribution in [0.25, 0.3) is 0 Å². The van der Waals surface area contributed by atoms with Crippen LogP contribution in [0.15, 0.2) is 0 Å². The van der Waals surface area contributed by atoms with Gasteiger partial charge in [-0.2, -0.15) is 0 Å². The lowest BCUT2D eigenvalue weighted by atomic mass is 9.87. The van der Waals surface area contributed by atoms with Gasteiger partial charge in [0.15, 0.2) is 0 Å². The van der Waals surface area contributed by atoms with Crippen molar-refractivity contribution in [2.24, 2.45) is 11.8 Å². The zero-order valence-electron chi connectivity index (χ0n) is 13.4. The van der Waals surface area contributed by atoms with E-state index < -0.39 is 0 Å². The first-order valence-electron chi connectivity index (χ1n) is 8.61. The third-order valence-electron chi connectivity index (χ3n) is 4.49. The summed E-state index contributed by atoms with van der Waals surface area (Å²) in [6, 6.07) is 0.716. The molecule has 1 N–H and O–H groups in total. The van der Waals surface area contributed by atoms with Crippen molar-refractivity contribution < 1.29 is 4.74 Å². The minimum atomic E-state index is 0.716. The van der Waals surface area contributed by atoms with E-state index >= 15 is 0 Å². The number of unbranched alkanes of at least 4 members (excludes halogenated alkanes) is 1. The summed E-state index contributed by atoms with van der Waals surface area (Å²) in [6.07, 6.45) is 10.7. The first-order valence-corrected chi connectivity index (χ1v) is 8.61. The molecule has 0 aliphatic carbocycles. The van der Waals surface area contributed by atoms with Gasteiger partial charge in [0.2, 0.25) is 0 Å². The van der Waals surface area contributed by atoms with Crippen LogP contribution in [0.3, 0.4) is 0 Å². The summed E-state index contributed by atoms with van der Waals surface area (Å²) in [4.78, 5) is 0. The Labute approximate surface area is 120 Å². The highest BCUT2D eigenvalue weighted by atomic mass is 16.5. The maximum atomic E-state index is 5.53. The van der Waals surface area contributed by atoms with Gasteiger partial charge in [0.25, 0.3) is 0 Å². The van der Waals surface area contributed by atoms with E-state index in [-0.39, 0.29) is 0 Å². The molecule has 1 rings (SSSR count). The fraction of sp³-hybridized carbons (Fsp3) is 1.00. The van der Waals surface area contributed by atoms with Crippen molar-refractivity contribution in [1.82, 2.24) is 5.32 Å². The smallest absolute Gasteiger partial charge is 0.0495 e. The Bertz CT molecular complexity index is 201. The Hall–Kier alpha value is -0.0800. The quantitative estimate of drug-likeness (QED) is 0.601.